The van der Waals surface area contributed by atoms with Crippen molar-refractivity contribution in [2.75, 3.05) is 12.4 Å². The Bertz CT molecular complexity index is 674. The molecule has 0 bridgehead atoms. The van der Waals surface area contributed by atoms with Crippen LogP contribution in [0.1, 0.15) is 20.8 Å². The first kappa shape index (κ1) is 18.8. The normalized spacial score (nSPS) is 18.5. The van der Waals surface area contributed by atoms with Crippen LogP contribution in [0.2, 0.25) is 5.04 Å². The van der Waals surface area contributed by atoms with Gasteiger partial charge in [0.2, 0.25) is 0 Å². The van der Waals surface area contributed by atoms with E-state index in [4.69, 9.17) is 4.43 Å². The van der Waals surface area contributed by atoms with Crippen molar-refractivity contribution in [2.45, 2.75) is 30.4 Å². The van der Waals surface area contributed by atoms with Gasteiger partial charge in [0.15, 0.2) is 5.12 Å². The summed E-state index contributed by atoms with van der Waals surface area (Å²) in [5.74, 6) is 0.597. The average molecular weight is 389 g/mol. The Morgan fingerprint density at radius 1 is 1.00 bits per heavy atom. The molecule has 0 amide bonds. The molecular formula is C20H24O2S2Si. The second-order valence-electron chi connectivity index (χ2n) is 7.20. The Hall–Kier alpha value is -1.01. The van der Waals surface area contributed by atoms with Crippen molar-refractivity contribution in [1.82, 2.24) is 0 Å². The molecule has 0 aliphatic carbocycles. The van der Waals surface area contributed by atoms with E-state index in [2.05, 4.69) is 81.4 Å². The zero-order chi connectivity index (χ0) is 17.9. The minimum atomic E-state index is -2.48. The SMILES string of the molecule is CC(C)(C)[Si](OCC1SCC(=O)S1)(c1ccccc1)c1ccccc1. The maximum Gasteiger partial charge on any atom is 0.261 e. The molecule has 0 aromatic heterocycles. The molecule has 1 fully saturated rings. The van der Waals surface area contributed by atoms with Crippen molar-refractivity contribution < 1.29 is 9.22 Å². The lowest BCUT2D eigenvalue weighted by molar-refractivity contribution is -0.108. The number of rotatable bonds is 5. The largest absolute Gasteiger partial charge is 0.405 e. The highest BCUT2D eigenvalue weighted by Gasteiger charge is 2.50. The van der Waals surface area contributed by atoms with Gasteiger partial charge >= 0.3 is 0 Å². The Kier molecular flexibility index (Phi) is 5.78. The molecule has 0 saturated carbocycles. The highest BCUT2D eigenvalue weighted by atomic mass is 32.2. The fraction of sp³-hybridized carbons (Fsp3) is 0.350. The highest BCUT2D eigenvalue weighted by molar-refractivity contribution is 8.29. The Morgan fingerprint density at radius 2 is 1.52 bits per heavy atom. The van der Waals surface area contributed by atoms with E-state index in [0.717, 1.165) is 0 Å². The Balaban J connectivity index is 2.04. The molecule has 1 saturated heterocycles. The van der Waals surface area contributed by atoms with Crippen LogP contribution >= 0.6 is 23.5 Å². The maximum atomic E-state index is 11.6. The summed E-state index contributed by atoms with van der Waals surface area (Å²) in [6, 6.07) is 21.3. The molecule has 1 heterocycles. The number of carbonyl (C=O) groups excluding carboxylic acids is 1. The van der Waals surface area contributed by atoms with Gasteiger partial charge in [-0.1, -0.05) is 93.2 Å². The van der Waals surface area contributed by atoms with Crippen LogP contribution in [0.15, 0.2) is 60.7 Å². The van der Waals surface area contributed by atoms with Gasteiger partial charge < -0.3 is 4.43 Å². The summed E-state index contributed by atoms with van der Waals surface area (Å²) in [7, 11) is -2.48. The average Bonchev–Trinajstić information content (AvgIpc) is 3.02. The van der Waals surface area contributed by atoms with Crippen LogP contribution in [-0.2, 0) is 9.22 Å². The zero-order valence-corrected chi connectivity index (χ0v) is 17.5. The van der Waals surface area contributed by atoms with Crippen molar-refractivity contribution in [3.05, 3.63) is 60.7 Å². The smallest absolute Gasteiger partial charge is 0.261 e. The highest BCUT2D eigenvalue weighted by Crippen LogP contribution is 2.39. The second-order valence-corrected chi connectivity index (χ2v) is 14.3. The number of hydrogen-bond acceptors (Lipinski definition) is 4. The molecule has 5 heteroatoms. The van der Waals surface area contributed by atoms with E-state index in [9.17, 15) is 4.79 Å². The van der Waals surface area contributed by atoms with Gasteiger partial charge in [-0.05, 0) is 15.4 Å². The summed E-state index contributed by atoms with van der Waals surface area (Å²) in [6.45, 7) is 7.44. The van der Waals surface area contributed by atoms with Gasteiger partial charge in [0, 0.05) is 0 Å². The van der Waals surface area contributed by atoms with Crippen LogP contribution in [0.25, 0.3) is 0 Å². The van der Waals surface area contributed by atoms with Crippen molar-refractivity contribution in [3.63, 3.8) is 0 Å². The number of thioether (sulfide) groups is 2. The number of hydrogen-bond donors (Lipinski definition) is 0. The maximum absolute atomic E-state index is 11.6. The van der Waals surface area contributed by atoms with E-state index >= 15 is 0 Å². The molecule has 1 atom stereocenters. The summed E-state index contributed by atoms with van der Waals surface area (Å²) in [5, 5.41) is 2.82. The first-order valence-electron chi connectivity index (χ1n) is 8.49. The minimum absolute atomic E-state index is 0.0202. The molecule has 2 aromatic rings. The molecule has 2 aromatic carbocycles. The van der Waals surface area contributed by atoms with Crippen molar-refractivity contribution in [3.8, 4) is 0 Å². The van der Waals surface area contributed by atoms with E-state index in [0.29, 0.717) is 12.4 Å². The standard InChI is InChI=1S/C20H24O2S2Si/c1-20(2,3)25(16-10-6-4-7-11-16,17-12-8-5-9-13-17)22-14-19-23-15-18(21)24-19/h4-13,19H,14-15H2,1-3H3. The Morgan fingerprint density at radius 3 is 1.92 bits per heavy atom. The third kappa shape index (κ3) is 3.89. The lowest BCUT2D eigenvalue weighted by Crippen LogP contribution is -2.66. The van der Waals surface area contributed by atoms with E-state index in [1.165, 1.54) is 22.1 Å². The lowest BCUT2D eigenvalue weighted by Gasteiger charge is -2.43. The third-order valence-electron chi connectivity index (χ3n) is 4.50. The van der Waals surface area contributed by atoms with Crippen LogP contribution in [0.3, 0.4) is 0 Å². The van der Waals surface area contributed by atoms with Crippen molar-refractivity contribution >= 4 is 47.3 Å². The van der Waals surface area contributed by atoms with E-state index in [-0.39, 0.29) is 14.7 Å². The summed E-state index contributed by atoms with van der Waals surface area (Å²) in [5.41, 5.74) is 0. The topological polar surface area (TPSA) is 26.3 Å². The van der Waals surface area contributed by atoms with E-state index in [1.807, 2.05) is 0 Å². The first-order valence-corrected chi connectivity index (χ1v) is 12.3. The molecule has 1 unspecified atom stereocenters. The van der Waals surface area contributed by atoms with Gasteiger partial charge in [-0.2, -0.15) is 0 Å². The molecule has 1 aliphatic heterocycles. The fourth-order valence-electron chi connectivity index (χ4n) is 3.41. The van der Waals surface area contributed by atoms with Crippen molar-refractivity contribution in [1.29, 1.82) is 0 Å². The molecular weight excluding hydrogens is 364 g/mol. The predicted octanol–water partition coefficient (Wildman–Crippen LogP) is 3.90. The monoisotopic (exact) mass is 388 g/mol. The van der Waals surface area contributed by atoms with Crippen LogP contribution in [0.5, 0.6) is 0 Å². The summed E-state index contributed by atoms with van der Waals surface area (Å²) in [4.78, 5) is 11.6. The molecule has 132 valence electrons. The number of benzene rings is 2. The van der Waals surface area contributed by atoms with E-state index in [1.54, 1.807) is 11.8 Å². The van der Waals surface area contributed by atoms with Gasteiger partial charge in [0.1, 0.15) is 0 Å². The minimum Gasteiger partial charge on any atom is -0.405 e. The van der Waals surface area contributed by atoms with Gasteiger partial charge in [-0.3, -0.25) is 4.79 Å². The van der Waals surface area contributed by atoms with Crippen LogP contribution in [0.4, 0.5) is 0 Å². The van der Waals surface area contributed by atoms with Crippen LogP contribution in [-0.4, -0.2) is 30.4 Å². The first-order chi connectivity index (χ1) is 11.9. The Labute approximate surface area is 159 Å². The van der Waals surface area contributed by atoms with E-state index < -0.39 is 8.32 Å². The quantitative estimate of drug-likeness (QED) is 0.726. The lowest BCUT2D eigenvalue weighted by atomic mass is 10.2. The molecule has 1 aliphatic rings. The molecule has 3 rings (SSSR count). The number of carbonyl (C=O) groups is 1. The summed E-state index contributed by atoms with van der Waals surface area (Å²) < 4.78 is 7.05. The van der Waals surface area contributed by atoms with Crippen LogP contribution < -0.4 is 10.4 Å². The molecule has 0 spiro atoms. The summed E-state index contributed by atoms with van der Waals surface area (Å²) in [6.07, 6.45) is 0. The van der Waals surface area contributed by atoms with Crippen LogP contribution in [0, 0.1) is 0 Å². The predicted molar refractivity (Wildman–Crippen MR) is 112 cm³/mol. The fourth-order valence-corrected chi connectivity index (χ4v) is 10.4. The zero-order valence-electron chi connectivity index (χ0n) is 14.9. The molecule has 0 radical (unpaired) electrons. The van der Waals surface area contributed by atoms with Crippen molar-refractivity contribution in [2.24, 2.45) is 0 Å². The summed E-state index contributed by atoms with van der Waals surface area (Å²) >= 11 is 3.13. The molecule has 2 nitrogen and oxygen atoms in total. The van der Waals surface area contributed by atoms with Gasteiger partial charge in [-0.25, -0.2) is 0 Å². The third-order valence-corrected chi connectivity index (χ3v) is 12.1. The molecule has 0 N–H and O–H groups in total. The van der Waals surface area contributed by atoms with Gasteiger partial charge in [0.25, 0.3) is 8.32 Å². The van der Waals surface area contributed by atoms with Gasteiger partial charge in [-0.15, -0.1) is 11.8 Å². The molecule has 25 heavy (non-hydrogen) atoms. The van der Waals surface area contributed by atoms with Gasteiger partial charge in [0.05, 0.1) is 16.9 Å². The second kappa shape index (κ2) is 7.70.